The average molecular weight is 205 g/mol. The van der Waals surface area contributed by atoms with Crippen molar-refractivity contribution in [3.63, 3.8) is 0 Å². The van der Waals surface area contributed by atoms with Crippen molar-refractivity contribution in [1.29, 1.82) is 0 Å². The van der Waals surface area contributed by atoms with Crippen molar-refractivity contribution < 1.29 is 0 Å². The lowest BCUT2D eigenvalue weighted by Crippen LogP contribution is -2.21. The standard InChI is InChI=1S/C14H23N/c1-11(2)15-10-12-6-8-13(9-7-12)14(3,4)5/h6-9,11,15H,10H2,1-5H3. The Hall–Kier alpha value is -0.820. The van der Waals surface area contributed by atoms with E-state index < -0.39 is 0 Å². The van der Waals surface area contributed by atoms with Crippen LogP contribution in [-0.4, -0.2) is 6.04 Å². The molecule has 1 rings (SSSR count). The molecule has 0 saturated carbocycles. The van der Waals surface area contributed by atoms with E-state index in [4.69, 9.17) is 0 Å². The van der Waals surface area contributed by atoms with E-state index in [1.165, 1.54) is 11.1 Å². The van der Waals surface area contributed by atoms with E-state index in [-0.39, 0.29) is 5.41 Å². The summed E-state index contributed by atoms with van der Waals surface area (Å²) < 4.78 is 0. The van der Waals surface area contributed by atoms with Crippen LogP contribution in [0.1, 0.15) is 45.7 Å². The quantitative estimate of drug-likeness (QED) is 0.796. The van der Waals surface area contributed by atoms with Crippen LogP contribution in [0.2, 0.25) is 0 Å². The average Bonchev–Trinajstić information content (AvgIpc) is 2.14. The summed E-state index contributed by atoms with van der Waals surface area (Å²) in [6.07, 6.45) is 0. The zero-order valence-corrected chi connectivity index (χ0v) is 10.6. The fourth-order valence-electron chi connectivity index (χ4n) is 1.44. The molecule has 1 heteroatoms. The van der Waals surface area contributed by atoms with Gasteiger partial charge in [-0.3, -0.25) is 0 Å². The van der Waals surface area contributed by atoms with Gasteiger partial charge in [0.25, 0.3) is 0 Å². The number of rotatable bonds is 3. The molecule has 0 amide bonds. The zero-order valence-electron chi connectivity index (χ0n) is 10.6. The van der Waals surface area contributed by atoms with Crippen LogP contribution < -0.4 is 5.32 Å². The molecule has 0 bridgehead atoms. The molecule has 1 N–H and O–H groups in total. The highest BCUT2D eigenvalue weighted by Crippen LogP contribution is 2.22. The van der Waals surface area contributed by atoms with Gasteiger partial charge in [0.1, 0.15) is 0 Å². The van der Waals surface area contributed by atoms with E-state index in [0.29, 0.717) is 6.04 Å². The van der Waals surface area contributed by atoms with Gasteiger partial charge in [-0.05, 0) is 16.5 Å². The van der Waals surface area contributed by atoms with Crippen LogP contribution in [-0.2, 0) is 12.0 Å². The first kappa shape index (κ1) is 12.3. The highest BCUT2D eigenvalue weighted by molar-refractivity contribution is 5.27. The lowest BCUT2D eigenvalue weighted by molar-refractivity contribution is 0.582. The second-order valence-corrected chi connectivity index (χ2v) is 5.48. The predicted molar refractivity (Wildman–Crippen MR) is 67.1 cm³/mol. The molecule has 0 aliphatic carbocycles. The summed E-state index contributed by atoms with van der Waals surface area (Å²) in [7, 11) is 0. The highest BCUT2D eigenvalue weighted by Gasteiger charge is 2.12. The largest absolute Gasteiger partial charge is 0.310 e. The molecule has 0 aliphatic rings. The summed E-state index contributed by atoms with van der Waals surface area (Å²) in [5.74, 6) is 0. The Morgan fingerprint density at radius 2 is 1.60 bits per heavy atom. The first-order valence-corrected chi connectivity index (χ1v) is 5.72. The molecular formula is C14H23N. The Labute approximate surface area is 93.9 Å². The van der Waals surface area contributed by atoms with Gasteiger partial charge < -0.3 is 5.32 Å². The number of benzene rings is 1. The van der Waals surface area contributed by atoms with Gasteiger partial charge in [0, 0.05) is 12.6 Å². The highest BCUT2D eigenvalue weighted by atomic mass is 14.9. The Kier molecular flexibility index (Phi) is 3.92. The van der Waals surface area contributed by atoms with Crippen molar-refractivity contribution in [1.82, 2.24) is 5.32 Å². The summed E-state index contributed by atoms with van der Waals surface area (Å²) in [6.45, 7) is 12.0. The lowest BCUT2D eigenvalue weighted by atomic mass is 9.87. The van der Waals surface area contributed by atoms with Gasteiger partial charge in [-0.1, -0.05) is 58.9 Å². The van der Waals surface area contributed by atoms with Crippen LogP contribution in [0.15, 0.2) is 24.3 Å². The maximum atomic E-state index is 3.42. The van der Waals surface area contributed by atoms with Crippen LogP contribution in [0.5, 0.6) is 0 Å². The number of hydrogen-bond donors (Lipinski definition) is 1. The molecule has 0 spiro atoms. The SMILES string of the molecule is CC(C)NCc1ccc(C(C)(C)C)cc1. The molecule has 1 aromatic carbocycles. The van der Waals surface area contributed by atoms with Gasteiger partial charge >= 0.3 is 0 Å². The summed E-state index contributed by atoms with van der Waals surface area (Å²) in [4.78, 5) is 0. The van der Waals surface area contributed by atoms with Crippen molar-refractivity contribution in [3.8, 4) is 0 Å². The van der Waals surface area contributed by atoms with Gasteiger partial charge in [-0.2, -0.15) is 0 Å². The van der Waals surface area contributed by atoms with Crippen molar-refractivity contribution in [2.75, 3.05) is 0 Å². The van der Waals surface area contributed by atoms with E-state index in [0.717, 1.165) is 6.54 Å². The molecule has 1 aromatic rings. The van der Waals surface area contributed by atoms with Crippen LogP contribution >= 0.6 is 0 Å². The van der Waals surface area contributed by atoms with Crippen LogP contribution in [0, 0.1) is 0 Å². The van der Waals surface area contributed by atoms with E-state index in [9.17, 15) is 0 Å². The molecule has 0 unspecified atom stereocenters. The number of nitrogens with one attached hydrogen (secondary N) is 1. The summed E-state index contributed by atoms with van der Waals surface area (Å²) >= 11 is 0. The molecule has 0 heterocycles. The topological polar surface area (TPSA) is 12.0 Å². The van der Waals surface area contributed by atoms with Crippen LogP contribution in [0.3, 0.4) is 0 Å². The third-order valence-corrected chi connectivity index (χ3v) is 2.53. The minimum Gasteiger partial charge on any atom is -0.310 e. The Morgan fingerprint density at radius 1 is 1.07 bits per heavy atom. The van der Waals surface area contributed by atoms with Crippen LogP contribution in [0.4, 0.5) is 0 Å². The second kappa shape index (κ2) is 4.80. The molecule has 1 nitrogen and oxygen atoms in total. The lowest BCUT2D eigenvalue weighted by Gasteiger charge is -2.19. The molecule has 0 saturated heterocycles. The normalized spacial score (nSPS) is 12.1. The third-order valence-electron chi connectivity index (χ3n) is 2.53. The minimum absolute atomic E-state index is 0.254. The molecule has 0 atom stereocenters. The fourth-order valence-corrected chi connectivity index (χ4v) is 1.44. The van der Waals surface area contributed by atoms with Crippen LogP contribution in [0.25, 0.3) is 0 Å². The van der Waals surface area contributed by atoms with E-state index in [2.05, 4.69) is 64.2 Å². The molecule has 0 fully saturated rings. The van der Waals surface area contributed by atoms with Gasteiger partial charge in [0.05, 0.1) is 0 Å². The molecule has 15 heavy (non-hydrogen) atoms. The van der Waals surface area contributed by atoms with Crippen molar-refractivity contribution in [3.05, 3.63) is 35.4 Å². The Balaban J connectivity index is 2.65. The monoisotopic (exact) mass is 205 g/mol. The maximum absolute atomic E-state index is 3.42. The fraction of sp³-hybridized carbons (Fsp3) is 0.571. The van der Waals surface area contributed by atoms with Gasteiger partial charge in [0.2, 0.25) is 0 Å². The van der Waals surface area contributed by atoms with E-state index >= 15 is 0 Å². The van der Waals surface area contributed by atoms with Gasteiger partial charge in [0.15, 0.2) is 0 Å². The molecule has 0 radical (unpaired) electrons. The van der Waals surface area contributed by atoms with Crippen molar-refractivity contribution in [2.24, 2.45) is 0 Å². The van der Waals surface area contributed by atoms with E-state index in [1.54, 1.807) is 0 Å². The van der Waals surface area contributed by atoms with E-state index in [1.807, 2.05) is 0 Å². The third kappa shape index (κ3) is 4.05. The van der Waals surface area contributed by atoms with Gasteiger partial charge in [-0.15, -0.1) is 0 Å². The zero-order chi connectivity index (χ0) is 11.5. The maximum Gasteiger partial charge on any atom is 0.0207 e. The van der Waals surface area contributed by atoms with Crippen molar-refractivity contribution >= 4 is 0 Å². The Morgan fingerprint density at radius 3 is 2.00 bits per heavy atom. The molecule has 84 valence electrons. The molecule has 0 aromatic heterocycles. The molecule has 0 aliphatic heterocycles. The molecular weight excluding hydrogens is 182 g/mol. The Bertz CT molecular complexity index is 290. The van der Waals surface area contributed by atoms with Gasteiger partial charge in [-0.25, -0.2) is 0 Å². The summed E-state index contributed by atoms with van der Waals surface area (Å²) in [6, 6.07) is 9.45. The predicted octanol–water partition coefficient (Wildman–Crippen LogP) is 3.48. The second-order valence-electron chi connectivity index (χ2n) is 5.48. The first-order chi connectivity index (χ1) is 6.89. The van der Waals surface area contributed by atoms with Crippen molar-refractivity contribution in [2.45, 2.75) is 52.6 Å². The smallest absolute Gasteiger partial charge is 0.0207 e. The minimum atomic E-state index is 0.254. The summed E-state index contributed by atoms with van der Waals surface area (Å²) in [5.41, 5.74) is 3.01. The summed E-state index contributed by atoms with van der Waals surface area (Å²) in [5, 5.41) is 3.42. The number of hydrogen-bond acceptors (Lipinski definition) is 1. The first-order valence-electron chi connectivity index (χ1n) is 5.72.